The van der Waals surface area contributed by atoms with Gasteiger partial charge >= 0.3 is 5.97 Å². The molecule has 0 fully saturated rings. The minimum absolute atomic E-state index is 0.0975. The van der Waals surface area contributed by atoms with Gasteiger partial charge in [0, 0.05) is 12.1 Å². The van der Waals surface area contributed by atoms with Gasteiger partial charge in [-0.05, 0) is 25.7 Å². The van der Waals surface area contributed by atoms with Gasteiger partial charge in [0.1, 0.15) is 0 Å². The van der Waals surface area contributed by atoms with Crippen molar-refractivity contribution < 1.29 is 9.53 Å². The number of rotatable bonds is 8. The zero-order valence-electron chi connectivity index (χ0n) is 11.4. The van der Waals surface area contributed by atoms with E-state index >= 15 is 0 Å². The highest BCUT2D eigenvalue weighted by Gasteiger charge is 2.13. The summed E-state index contributed by atoms with van der Waals surface area (Å²) in [6.45, 7) is 11.0. The topological polar surface area (TPSA) is 38.3 Å². The zero-order chi connectivity index (χ0) is 12.6. The summed E-state index contributed by atoms with van der Waals surface area (Å²) in [5, 5.41) is 3.43. The van der Waals surface area contributed by atoms with E-state index in [0.717, 1.165) is 12.8 Å². The molecule has 0 heterocycles. The van der Waals surface area contributed by atoms with Crippen LogP contribution in [0.5, 0.6) is 0 Å². The fraction of sp³-hybridized carbons (Fsp3) is 0.923. The summed E-state index contributed by atoms with van der Waals surface area (Å²) in [4.78, 5) is 11.5. The minimum atomic E-state index is -0.0975. The highest BCUT2D eigenvalue weighted by Crippen LogP contribution is 2.03. The highest BCUT2D eigenvalue weighted by atomic mass is 16.5. The number of esters is 1. The predicted molar refractivity (Wildman–Crippen MR) is 67.4 cm³/mol. The Labute approximate surface area is 99.9 Å². The van der Waals surface area contributed by atoms with E-state index in [2.05, 4.69) is 19.2 Å². The molecule has 3 heteroatoms. The van der Waals surface area contributed by atoms with Crippen molar-refractivity contribution in [3.63, 3.8) is 0 Å². The molecule has 3 nitrogen and oxygen atoms in total. The third kappa shape index (κ3) is 7.69. The van der Waals surface area contributed by atoms with Crippen molar-refractivity contribution >= 4 is 5.97 Å². The van der Waals surface area contributed by atoms with Crippen LogP contribution in [-0.4, -0.2) is 24.7 Å². The van der Waals surface area contributed by atoms with E-state index in [1.54, 1.807) is 0 Å². The Morgan fingerprint density at radius 1 is 1.19 bits per heavy atom. The Bertz CT molecular complexity index is 188. The first-order chi connectivity index (χ1) is 7.49. The largest absolute Gasteiger partial charge is 0.465 e. The molecule has 0 aliphatic heterocycles. The van der Waals surface area contributed by atoms with Gasteiger partial charge in [-0.15, -0.1) is 0 Å². The van der Waals surface area contributed by atoms with E-state index in [1.807, 2.05) is 20.8 Å². The van der Waals surface area contributed by atoms with Crippen molar-refractivity contribution in [1.29, 1.82) is 0 Å². The average molecular weight is 229 g/mol. The van der Waals surface area contributed by atoms with Gasteiger partial charge in [0.2, 0.25) is 0 Å². The van der Waals surface area contributed by atoms with Crippen LogP contribution in [0, 0.1) is 5.92 Å². The zero-order valence-corrected chi connectivity index (χ0v) is 11.4. The van der Waals surface area contributed by atoms with Crippen LogP contribution in [0.3, 0.4) is 0 Å². The van der Waals surface area contributed by atoms with Gasteiger partial charge in [-0.2, -0.15) is 0 Å². The fourth-order valence-corrected chi connectivity index (χ4v) is 1.55. The number of carbonyl (C=O) groups excluding carboxylic acids is 1. The van der Waals surface area contributed by atoms with Crippen LogP contribution in [0.1, 0.15) is 53.9 Å². The Hall–Kier alpha value is -0.570. The molecule has 96 valence electrons. The number of hydrogen-bond acceptors (Lipinski definition) is 3. The molecular weight excluding hydrogens is 202 g/mol. The summed E-state index contributed by atoms with van der Waals surface area (Å²) < 4.78 is 5.14. The predicted octanol–water partition coefficient (Wildman–Crippen LogP) is 2.74. The number of hydrogen-bond donors (Lipinski definition) is 1. The third-order valence-electron chi connectivity index (χ3n) is 2.56. The van der Waals surface area contributed by atoms with Crippen molar-refractivity contribution in [2.45, 2.75) is 66.0 Å². The summed E-state index contributed by atoms with van der Waals surface area (Å²) in [5.41, 5.74) is 0. The molecule has 0 amide bonds. The molecular formula is C13H27NO2. The van der Waals surface area contributed by atoms with E-state index in [-0.39, 0.29) is 12.0 Å². The number of ether oxygens (including phenoxy) is 1. The maximum atomic E-state index is 11.5. The quantitative estimate of drug-likeness (QED) is 0.650. The SMILES string of the molecule is CCC(CC)NC(C)CC(=O)OCC(C)C. The lowest BCUT2D eigenvalue weighted by Crippen LogP contribution is -2.37. The lowest BCUT2D eigenvalue weighted by molar-refractivity contribution is -0.145. The molecule has 0 saturated carbocycles. The molecule has 0 aromatic heterocycles. The molecule has 0 spiro atoms. The molecule has 0 aromatic carbocycles. The molecule has 0 aliphatic rings. The monoisotopic (exact) mass is 229 g/mol. The van der Waals surface area contributed by atoms with E-state index in [0.29, 0.717) is 25.0 Å². The first-order valence-electron chi connectivity index (χ1n) is 6.41. The van der Waals surface area contributed by atoms with Crippen molar-refractivity contribution in [2.75, 3.05) is 6.61 Å². The molecule has 0 radical (unpaired) electrons. The third-order valence-corrected chi connectivity index (χ3v) is 2.56. The second kappa shape index (κ2) is 8.57. The van der Waals surface area contributed by atoms with Gasteiger partial charge in [0.25, 0.3) is 0 Å². The van der Waals surface area contributed by atoms with Gasteiger partial charge in [0.05, 0.1) is 13.0 Å². The molecule has 0 aliphatic carbocycles. The van der Waals surface area contributed by atoms with Crippen molar-refractivity contribution in [3.8, 4) is 0 Å². The molecule has 0 aromatic rings. The van der Waals surface area contributed by atoms with Crippen LogP contribution in [-0.2, 0) is 9.53 Å². The summed E-state index contributed by atoms with van der Waals surface area (Å²) in [6, 6.07) is 0.706. The molecule has 0 bridgehead atoms. The van der Waals surface area contributed by atoms with Crippen LogP contribution in [0.2, 0.25) is 0 Å². The second-order valence-corrected chi connectivity index (χ2v) is 4.86. The Balaban J connectivity index is 3.77. The molecule has 1 atom stereocenters. The highest BCUT2D eigenvalue weighted by molar-refractivity contribution is 5.70. The Morgan fingerprint density at radius 3 is 2.19 bits per heavy atom. The first kappa shape index (κ1) is 15.4. The van der Waals surface area contributed by atoms with Gasteiger partial charge in [-0.3, -0.25) is 4.79 Å². The van der Waals surface area contributed by atoms with Crippen molar-refractivity contribution in [2.24, 2.45) is 5.92 Å². The van der Waals surface area contributed by atoms with Crippen LogP contribution in [0.15, 0.2) is 0 Å². The van der Waals surface area contributed by atoms with Crippen LogP contribution in [0.4, 0.5) is 0 Å². The maximum absolute atomic E-state index is 11.5. The lowest BCUT2D eigenvalue weighted by Gasteiger charge is -2.20. The first-order valence-corrected chi connectivity index (χ1v) is 6.41. The summed E-state index contributed by atoms with van der Waals surface area (Å²) in [5.74, 6) is 0.311. The van der Waals surface area contributed by atoms with Crippen LogP contribution in [0.25, 0.3) is 0 Å². The maximum Gasteiger partial charge on any atom is 0.307 e. The van der Waals surface area contributed by atoms with Crippen molar-refractivity contribution in [3.05, 3.63) is 0 Å². The van der Waals surface area contributed by atoms with Gasteiger partial charge in [-0.1, -0.05) is 27.7 Å². The average Bonchev–Trinajstić information content (AvgIpc) is 2.23. The molecule has 1 unspecified atom stereocenters. The molecule has 0 saturated heterocycles. The summed E-state index contributed by atoms with van der Waals surface area (Å²) in [6.07, 6.45) is 2.66. The van der Waals surface area contributed by atoms with E-state index in [4.69, 9.17) is 4.74 Å². The van der Waals surface area contributed by atoms with Gasteiger partial charge in [-0.25, -0.2) is 0 Å². The van der Waals surface area contributed by atoms with E-state index < -0.39 is 0 Å². The number of nitrogens with one attached hydrogen (secondary N) is 1. The lowest BCUT2D eigenvalue weighted by atomic mass is 10.1. The molecule has 1 N–H and O–H groups in total. The number of carbonyl (C=O) groups is 1. The van der Waals surface area contributed by atoms with Gasteiger partial charge in [0.15, 0.2) is 0 Å². The Kier molecular flexibility index (Phi) is 8.26. The minimum Gasteiger partial charge on any atom is -0.465 e. The van der Waals surface area contributed by atoms with Crippen LogP contribution >= 0.6 is 0 Å². The van der Waals surface area contributed by atoms with Crippen LogP contribution < -0.4 is 5.32 Å². The molecule has 0 rings (SSSR count). The summed E-state index contributed by atoms with van der Waals surface area (Å²) >= 11 is 0. The Morgan fingerprint density at radius 2 is 1.75 bits per heavy atom. The second-order valence-electron chi connectivity index (χ2n) is 4.86. The summed E-state index contributed by atoms with van der Waals surface area (Å²) in [7, 11) is 0. The molecule has 16 heavy (non-hydrogen) atoms. The van der Waals surface area contributed by atoms with Crippen molar-refractivity contribution in [1.82, 2.24) is 5.32 Å². The normalized spacial score (nSPS) is 13.2. The standard InChI is InChI=1S/C13H27NO2/c1-6-12(7-2)14-11(5)8-13(15)16-9-10(3)4/h10-12,14H,6-9H2,1-5H3. The smallest absolute Gasteiger partial charge is 0.307 e. The van der Waals surface area contributed by atoms with Gasteiger partial charge < -0.3 is 10.1 Å². The van der Waals surface area contributed by atoms with E-state index in [9.17, 15) is 4.79 Å². The van der Waals surface area contributed by atoms with E-state index in [1.165, 1.54) is 0 Å². The fourth-order valence-electron chi connectivity index (χ4n) is 1.55.